The fraction of sp³-hybridized carbons (Fsp3) is 0.643. The molecule has 0 saturated heterocycles. The average molecular weight is 219 g/mol. The van der Waals surface area contributed by atoms with Crippen molar-refractivity contribution in [2.45, 2.75) is 51.6 Å². The summed E-state index contributed by atoms with van der Waals surface area (Å²) < 4.78 is 0. The summed E-state index contributed by atoms with van der Waals surface area (Å²) in [6, 6.07) is 4.03. The normalized spacial score (nSPS) is 19.6. The van der Waals surface area contributed by atoms with Gasteiger partial charge in [-0.05, 0) is 36.8 Å². The minimum atomic E-state index is -0.351. The molecule has 16 heavy (non-hydrogen) atoms. The van der Waals surface area contributed by atoms with Crippen molar-refractivity contribution in [3.63, 3.8) is 0 Å². The van der Waals surface area contributed by atoms with Crippen molar-refractivity contribution in [1.82, 2.24) is 4.98 Å². The van der Waals surface area contributed by atoms with Crippen molar-refractivity contribution in [2.75, 3.05) is 0 Å². The van der Waals surface area contributed by atoms with Gasteiger partial charge in [0.15, 0.2) is 0 Å². The third-order valence-corrected chi connectivity index (χ3v) is 3.68. The van der Waals surface area contributed by atoms with E-state index in [1.165, 1.54) is 24.8 Å². The third-order valence-electron chi connectivity index (χ3n) is 3.68. The van der Waals surface area contributed by atoms with Crippen LogP contribution in [0.2, 0.25) is 0 Å². The number of aromatic nitrogens is 1. The Balaban J connectivity index is 2.15. The predicted molar refractivity (Wildman–Crippen MR) is 65.1 cm³/mol. The molecule has 2 rings (SSSR count). The second-order valence-electron chi connectivity index (χ2n) is 4.74. The molecule has 2 heteroatoms. The van der Waals surface area contributed by atoms with E-state index in [1.54, 1.807) is 6.20 Å². The van der Waals surface area contributed by atoms with Crippen molar-refractivity contribution in [3.8, 4) is 0 Å². The highest BCUT2D eigenvalue weighted by molar-refractivity contribution is 5.22. The fourth-order valence-corrected chi connectivity index (χ4v) is 2.69. The van der Waals surface area contributed by atoms with Gasteiger partial charge in [-0.15, -0.1) is 0 Å². The van der Waals surface area contributed by atoms with Crippen molar-refractivity contribution in [2.24, 2.45) is 5.92 Å². The molecule has 1 aromatic heterocycles. The fourth-order valence-electron chi connectivity index (χ4n) is 2.69. The number of rotatable bonds is 3. The first kappa shape index (κ1) is 11.6. The molecule has 1 atom stereocenters. The van der Waals surface area contributed by atoms with E-state index < -0.39 is 0 Å². The van der Waals surface area contributed by atoms with Crippen LogP contribution in [0.25, 0.3) is 0 Å². The number of pyridine rings is 1. The van der Waals surface area contributed by atoms with Crippen LogP contribution in [-0.4, -0.2) is 10.1 Å². The van der Waals surface area contributed by atoms with E-state index in [2.05, 4.69) is 18.0 Å². The summed E-state index contributed by atoms with van der Waals surface area (Å²) in [6.07, 6.45) is 8.55. The first-order chi connectivity index (χ1) is 7.83. The number of hydrogen-bond acceptors (Lipinski definition) is 2. The Morgan fingerprint density at radius 1 is 1.38 bits per heavy atom. The van der Waals surface area contributed by atoms with Crippen LogP contribution in [0.5, 0.6) is 0 Å². The SMILES string of the molecule is CCc1cccnc1C(O)C1CCCCC1. The minimum absolute atomic E-state index is 0.351. The second kappa shape index (κ2) is 5.44. The van der Waals surface area contributed by atoms with E-state index in [1.807, 2.05) is 6.07 Å². The molecule has 1 aliphatic rings. The maximum atomic E-state index is 10.4. The lowest BCUT2D eigenvalue weighted by atomic mass is 9.83. The molecule has 1 fully saturated rings. The lowest BCUT2D eigenvalue weighted by Crippen LogP contribution is -2.18. The van der Waals surface area contributed by atoms with Gasteiger partial charge in [-0.2, -0.15) is 0 Å². The Labute approximate surface area is 97.7 Å². The van der Waals surface area contributed by atoms with Gasteiger partial charge in [0.25, 0.3) is 0 Å². The molecule has 0 bridgehead atoms. The third kappa shape index (κ3) is 2.43. The van der Waals surface area contributed by atoms with E-state index in [-0.39, 0.29) is 6.10 Å². The number of aliphatic hydroxyl groups excluding tert-OH is 1. The zero-order chi connectivity index (χ0) is 11.4. The van der Waals surface area contributed by atoms with Gasteiger partial charge in [0.2, 0.25) is 0 Å². The Morgan fingerprint density at radius 3 is 2.81 bits per heavy atom. The summed E-state index contributed by atoms with van der Waals surface area (Å²) in [6.45, 7) is 2.12. The van der Waals surface area contributed by atoms with Gasteiger partial charge in [0, 0.05) is 6.20 Å². The molecule has 0 radical (unpaired) electrons. The summed E-state index contributed by atoms with van der Waals surface area (Å²) in [5.74, 6) is 0.425. The maximum absolute atomic E-state index is 10.4. The highest BCUT2D eigenvalue weighted by Crippen LogP contribution is 2.34. The summed E-state index contributed by atoms with van der Waals surface area (Å²) >= 11 is 0. The van der Waals surface area contributed by atoms with E-state index in [9.17, 15) is 5.11 Å². The lowest BCUT2D eigenvalue weighted by Gasteiger charge is -2.27. The van der Waals surface area contributed by atoms with Crippen molar-refractivity contribution in [1.29, 1.82) is 0 Å². The van der Waals surface area contributed by atoms with Crippen LogP contribution in [-0.2, 0) is 6.42 Å². The number of hydrogen-bond donors (Lipinski definition) is 1. The maximum Gasteiger partial charge on any atom is 0.0990 e. The Bertz CT molecular complexity index is 331. The van der Waals surface area contributed by atoms with Crippen LogP contribution in [0.3, 0.4) is 0 Å². The molecular weight excluding hydrogens is 198 g/mol. The largest absolute Gasteiger partial charge is 0.387 e. The second-order valence-corrected chi connectivity index (χ2v) is 4.74. The van der Waals surface area contributed by atoms with E-state index in [4.69, 9.17) is 0 Å². The van der Waals surface area contributed by atoms with Crippen LogP contribution >= 0.6 is 0 Å². The molecule has 0 spiro atoms. The summed E-state index contributed by atoms with van der Waals surface area (Å²) in [5.41, 5.74) is 2.11. The zero-order valence-electron chi connectivity index (χ0n) is 10.0. The van der Waals surface area contributed by atoms with Gasteiger partial charge in [0.05, 0.1) is 11.8 Å². The first-order valence-electron chi connectivity index (χ1n) is 6.44. The highest BCUT2D eigenvalue weighted by atomic mass is 16.3. The molecule has 0 amide bonds. The molecular formula is C14H21NO. The van der Waals surface area contributed by atoms with Gasteiger partial charge in [-0.1, -0.05) is 32.3 Å². The molecule has 1 aromatic rings. The number of aliphatic hydroxyl groups is 1. The molecule has 1 heterocycles. The molecule has 1 N–H and O–H groups in total. The molecule has 88 valence electrons. The predicted octanol–water partition coefficient (Wildman–Crippen LogP) is 3.26. The molecule has 0 aromatic carbocycles. The van der Waals surface area contributed by atoms with Gasteiger partial charge in [0.1, 0.15) is 0 Å². The molecule has 1 saturated carbocycles. The quantitative estimate of drug-likeness (QED) is 0.846. The Hall–Kier alpha value is -0.890. The van der Waals surface area contributed by atoms with Crippen molar-refractivity contribution < 1.29 is 5.11 Å². The topological polar surface area (TPSA) is 33.1 Å². The standard InChI is InChI=1S/C14H21NO/c1-2-11-9-6-10-15-13(11)14(16)12-7-4-3-5-8-12/h6,9-10,12,14,16H,2-5,7-8H2,1H3. The van der Waals surface area contributed by atoms with Gasteiger partial charge < -0.3 is 5.11 Å². The van der Waals surface area contributed by atoms with Crippen LogP contribution in [0.1, 0.15) is 56.4 Å². The lowest BCUT2D eigenvalue weighted by molar-refractivity contribution is 0.0803. The summed E-state index contributed by atoms with van der Waals surface area (Å²) in [4.78, 5) is 4.37. The Kier molecular flexibility index (Phi) is 3.94. The highest BCUT2D eigenvalue weighted by Gasteiger charge is 2.25. The van der Waals surface area contributed by atoms with Gasteiger partial charge >= 0.3 is 0 Å². The van der Waals surface area contributed by atoms with Crippen LogP contribution in [0, 0.1) is 5.92 Å². The molecule has 0 aliphatic heterocycles. The molecule has 1 aliphatic carbocycles. The molecule has 2 nitrogen and oxygen atoms in total. The average Bonchev–Trinajstić information content (AvgIpc) is 2.39. The van der Waals surface area contributed by atoms with E-state index >= 15 is 0 Å². The van der Waals surface area contributed by atoms with Gasteiger partial charge in [-0.25, -0.2) is 0 Å². The minimum Gasteiger partial charge on any atom is -0.387 e. The number of aryl methyl sites for hydroxylation is 1. The molecule has 1 unspecified atom stereocenters. The van der Waals surface area contributed by atoms with Crippen LogP contribution < -0.4 is 0 Å². The van der Waals surface area contributed by atoms with Gasteiger partial charge in [-0.3, -0.25) is 4.98 Å². The Morgan fingerprint density at radius 2 is 2.12 bits per heavy atom. The summed E-state index contributed by atoms with van der Waals surface area (Å²) in [5, 5.41) is 10.4. The summed E-state index contributed by atoms with van der Waals surface area (Å²) in [7, 11) is 0. The van der Waals surface area contributed by atoms with Crippen molar-refractivity contribution >= 4 is 0 Å². The zero-order valence-corrected chi connectivity index (χ0v) is 10.0. The van der Waals surface area contributed by atoms with Crippen LogP contribution in [0.15, 0.2) is 18.3 Å². The van der Waals surface area contributed by atoms with E-state index in [0.717, 1.165) is 25.0 Å². The first-order valence-corrected chi connectivity index (χ1v) is 6.44. The van der Waals surface area contributed by atoms with Crippen molar-refractivity contribution in [3.05, 3.63) is 29.6 Å². The monoisotopic (exact) mass is 219 g/mol. The number of nitrogens with zero attached hydrogens (tertiary/aromatic N) is 1. The smallest absolute Gasteiger partial charge is 0.0990 e. The van der Waals surface area contributed by atoms with E-state index in [0.29, 0.717) is 5.92 Å². The van der Waals surface area contributed by atoms with Crippen LogP contribution in [0.4, 0.5) is 0 Å².